The summed E-state index contributed by atoms with van der Waals surface area (Å²) in [6, 6.07) is 12.3. The van der Waals surface area contributed by atoms with Crippen molar-refractivity contribution in [1.82, 2.24) is 19.8 Å². The molecular weight excluding hydrogens is 454 g/mol. The highest BCUT2D eigenvalue weighted by molar-refractivity contribution is 5.74. The number of hydrogen-bond acceptors (Lipinski definition) is 4. The van der Waals surface area contributed by atoms with Gasteiger partial charge in [-0.25, -0.2) is 18.6 Å². The molecule has 4 rings (SSSR count). The van der Waals surface area contributed by atoms with Crippen LogP contribution in [0.2, 0.25) is 0 Å². The van der Waals surface area contributed by atoms with Crippen molar-refractivity contribution < 1.29 is 23.4 Å². The van der Waals surface area contributed by atoms with E-state index in [1.165, 1.54) is 0 Å². The fourth-order valence-electron chi connectivity index (χ4n) is 4.54. The smallest absolute Gasteiger partial charge is 0.317 e. The molecule has 7 nitrogen and oxygen atoms in total. The summed E-state index contributed by atoms with van der Waals surface area (Å²) in [5.74, 6) is -0.488. The van der Waals surface area contributed by atoms with E-state index in [2.05, 4.69) is 5.32 Å². The van der Waals surface area contributed by atoms with Gasteiger partial charge in [0.2, 0.25) is 0 Å². The Labute approximate surface area is 203 Å². The number of benzene rings is 2. The SMILES string of the molecule is CN(C(=O)NCCO)[C@@H](c1nc(-c2cc(F)ccc2F)cn1Cc1ccccc1)C1CCOCC1. The number of imidazole rings is 1. The van der Waals surface area contributed by atoms with Crippen LogP contribution in [0.5, 0.6) is 0 Å². The second-order valence-corrected chi connectivity index (χ2v) is 8.68. The first-order chi connectivity index (χ1) is 17.0. The van der Waals surface area contributed by atoms with Crippen molar-refractivity contribution in [2.24, 2.45) is 5.92 Å². The molecule has 186 valence electrons. The van der Waals surface area contributed by atoms with Gasteiger partial charge in [-0.05, 0) is 42.5 Å². The summed E-state index contributed by atoms with van der Waals surface area (Å²) in [6.07, 6.45) is 3.17. The van der Waals surface area contributed by atoms with Gasteiger partial charge in [-0.15, -0.1) is 0 Å². The Morgan fingerprint density at radius 2 is 1.97 bits per heavy atom. The summed E-state index contributed by atoms with van der Waals surface area (Å²) in [4.78, 5) is 19.3. The van der Waals surface area contributed by atoms with E-state index in [0.717, 1.165) is 36.6 Å². The van der Waals surface area contributed by atoms with Crippen LogP contribution in [0.4, 0.5) is 13.6 Å². The van der Waals surface area contributed by atoms with Crippen molar-refractivity contribution in [3.8, 4) is 11.3 Å². The highest BCUT2D eigenvalue weighted by Gasteiger charge is 2.35. The minimum absolute atomic E-state index is 0.0516. The summed E-state index contributed by atoms with van der Waals surface area (Å²) in [7, 11) is 1.69. The second-order valence-electron chi connectivity index (χ2n) is 8.68. The maximum absolute atomic E-state index is 14.7. The summed E-state index contributed by atoms with van der Waals surface area (Å²) < 4.78 is 36.1. The van der Waals surface area contributed by atoms with Crippen LogP contribution in [0.15, 0.2) is 54.7 Å². The van der Waals surface area contributed by atoms with Crippen molar-refractivity contribution in [2.45, 2.75) is 25.4 Å². The van der Waals surface area contributed by atoms with Crippen molar-refractivity contribution in [1.29, 1.82) is 0 Å². The fourth-order valence-corrected chi connectivity index (χ4v) is 4.54. The molecule has 0 spiro atoms. The van der Waals surface area contributed by atoms with Gasteiger partial charge in [-0.3, -0.25) is 0 Å². The minimum Gasteiger partial charge on any atom is -0.395 e. The molecule has 0 unspecified atom stereocenters. The number of nitrogens with zero attached hydrogens (tertiary/aromatic N) is 3. The first-order valence-electron chi connectivity index (χ1n) is 11.7. The summed E-state index contributed by atoms with van der Waals surface area (Å²) in [6.45, 7) is 1.54. The van der Waals surface area contributed by atoms with Crippen LogP contribution in [0, 0.1) is 17.6 Å². The molecule has 9 heteroatoms. The Morgan fingerprint density at radius 3 is 2.69 bits per heavy atom. The number of aliphatic hydroxyl groups excluding tert-OH is 1. The molecule has 1 aliphatic heterocycles. The van der Waals surface area contributed by atoms with Gasteiger partial charge in [0.15, 0.2) is 0 Å². The Balaban J connectivity index is 1.81. The number of aliphatic hydroxyl groups is 1. The lowest BCUT2D eigenvalue weighted by Crippen LogP contribution is -2.44. The van der Waals surface area contributed by atoms with Crippen molar-refractivity contribution in [3.63, 3.8) is 0 Å². The molecule has 2 aromatic carbocycles. The molecular formula is C26H30F2N4O3. The molecule has 1 saturated heterocycles. The lowest BCUT2D eigenvalue weighted by Gasteiger charge is -2.36. The summed E-state index contributed by atoms with van der Waals surface area (Å²) in [5.41, 5.74) is 1.38. The molecule has 0 aliphatic carbocycles. The number of aromatic nitrogens is 2. The molecule has 1 fully saturated rings. The van der Waals surface area contributed by atoms with Crippen molar-refractivity contribution >= 4 is 6.03 Å². The normalized spacial score (nSPS) is 15.1. The topological polar surface area (TPSA) is 79.6 Å². The van der Waals surface area contributed by atoms with E-state index >= 15 is 0 Å². The van der Waals surface area contributed by atoms with Crippen LogP contribution in [-0.4, -0.2) is 59.0 Å². The molecule has 1 atom stereocenters. The molecule has 0 radical (unpaired) electrons. The van der Waals surface area contributed by atoms with E-state index < -0.39 is 17.7 Å². The Bertz CT molecular complexity index is 1130. The average Bonchev–Trinajstić information content (AvgIpc) is 3.28. The number of rotatable bonds is 8. The molecule has 2 amide bonds. The third-order valence-electron chi connectivity index (χ3n) is 6.31. The van der Waals surface area contributed by atoms with Gasteiger partial charge in [0, 0.05) is 45.1 Å². The number of hydrogen-bond donors (Lipinski definition) is 2. The number of nitrogens with one attached hydrogen (secondary N) is 1. The molecule has 35 heavy (non-hydrogen) atoms. The van der Waals surface area contributed by atoms with E-state index in [4.69, 9.17) is 14.8 Å². The van der Waals surface area contributed by atoms with E-state index in [9.17, 15) is 13.6 Å². The lowest BCUT2D eigenvalue weighted by molar-refractivity contribution is 0.0352. The second kappa shape index (κ2) is 11.4. The first-order valence-corrected chi connectivity index (χ1v) is 11.7. The highest BCUT2D eigenvalue weighted by atomic mass is 19.1. The summed E-state index contributed by atoms with van der Waals surface area (Å²) in [5, 5.41) is 11.9. The zero-order valence-electron chi connectivity index (χ0n) is 19.7. The zero-order chi connectivity index (χ0) is 24.8. The minimum atomic E-state index is -0.570. The van der Waals surface area contributed by atoms with Gasteiger partial charge in [0.1, 0.15) is 17.5 Å². The summed E-state index contributed by atoms with van der Waals surface area (Å²) >= 11 is 0. The van der Waals surface area contributed by atoms with Crippen LogP contribution < -0.4 is 5.32 Å². The van der Waals surface area contributed by atoms with Gasteiger partial charge >= 0.3 is 6.03 Å². The largest absolute Gasteiger partial charge is 0.395 e. The predicted octanol–water partition coefficient (Wildman–Crippen LogP) is 3.98. The Hall–Kier alpha value is -3.30. The molecule has 2 N–H and O–H groups in total. The van der Waals surface area contributed by atoms with Crippen LogP contribution in [0.3, 0.4) is 0 Å². The van der Waals surface area contributed by atoms with Gasteiger partial charge in [-0.1, -0.05) is 30.3 Å². The zero-order valence-corrected chi connectivity index (χ0v) is 19.7. The number of carbonyl (C=O) groups excluding carboxylic acids is 1. The Morgan fingerprint density at radius 1 is 1.23 bits per heavy atom. The predicted molar refractivity (Wildman–Crippen MR) is 128 cm³/mol. The Kier molecular flexibility index (Phi) is 8.09. The maximum Gasteiger partial charge on any atom is 0.317 e. The average molecular weight is 485 g/mol. The lowest BCUT2D eigenvalue weighted by atomic mass is 9.90. The number of urea groups is 1. The van der Waals surface area contributed by atoms with Crippen LogP contribution >= 0.6 is 0 Å². The van der Waals surface area contributed by atoms with Gasteiger partial charge < -0.3 is 24.6 Å². The number of amides is 2. The van der Waals surface area contributed by atoms with Crippen molar-refractivity contribution in [2.75, 3.05) is 33.4 Å². The molecule has 0 bridgehead atoms. The third kappa shape index (κ3) is 5.86. The van der Waals surface area contributed by atoms with E-state index in [1.807, 2.05) is 34.9 Å². The number of ether oxygens (including phenoxy) is 1. The van der Waals surface area contributed by atoms with Crippen LogP contribution in [-0.2, 0) is 11.3 Å². The molecule has 1 aliphatic rings. The van der Waals surface area contributed by atoms with Crippen molar-refractivity contribution in [3.05, 3.63) is 77.8 Å². The van der Waals surface area contributed by atoms with Gasteiger partial charge in [0.25, 0.3) is 0 Å². The van der Waals surface area contributed by atoms with Crippen LogP contribution in [0.25, 0.3) is 11.3 Å². The molecule has 0 saturated carbocycles. The first kappa shape index (κ1) is 24.8. The van der Waals surface area contributed by atoms with E-state index in [1.54, 1.807) is 18.1 Å². The van der Waals surface area contributed by atoms with Crippen LogP contribution in [0.1, 0.15) is 30.3 Å². The maximum atomic E-state index is 14.7. The molecule has 2 heterocycles. The van der Waals surface area contributed by atoms with E-state index in [0.29, 0.717) is 31.3 Å². The number of carbonyl (C=O) groups is 1. The quantitative estimate of drug-likeness (QED) is 0.507. The fraction of sp³-hybridized carbons (Fsp3) is 0.385. The standard InChI is InChI=1S/C26H30F2N4O3/c1-31(26(34)29-11-12-33)24(19-9-13-35-14-10-19)25-30-23(21-15-20(27)7-8-22(21)28)17-32(25)16-18-5-3-2-4-6-18/h2-8,15,17,19,24,33H,9-14,16H2,1H3,(H,29,34)/t24-/m1/s1. The number of halogens is 2. The highest BCUT2D eigenvalue weighted by Crippen LogP contribution is 2.36. The van der Waals surface area contributed by atoms with Gasteiger partial charge in [-0.2, -0.15) is 0 Å². The molecule has 3 aromatic rings. The molecule has 1 aromatic heterocycles. The van der Waals surface area contributed by atoms with E-state index in [-0.39, 0.29) is 30.7 Å². The monoisotopic (exact) mass is 484 g/mol. The third-order valence-corrected chi connectivity index (χ3v) is 6.31. The van der Waals surface area contributed by atoms with Gasteiger partial charge in [0.05, 0.1) is 18.3 Å².